The van der Waals surface area contributed by atoms with Gasteiger partial charge in [0.05, 0.1) is 18.2 Å². The van der Waals surface area contributed by atoms with Crippen LogP contribution < -0.4 is 9.47 Å². The van der Waals surface area contributed by atoms with Crippen LogP contribution in [0.5, 0.6) is 11.5 Å². The molecular formula is C21H22O3. The number of ketones is 1. The molecule has 124 valence electrons. The van der Waals surface area contributed by atoms with Crippen molar-refractivity contribution in [2.75, 3.05) is 7.11 Å². The standard InChI is InChI=1S/C21H22O3/c1-14-7-5-6-8-15(14)13-18(22)16-9-10-19-17(20(16)23-4)11-12-21(2,3)24-19/h5-12H,13H2,1-4H3. The number of aryl methyl sites for hydroxylation is 1. The van der Waals surface area contributed by atoms with Gasteiger partial charge in [0.15, 0.2) is 5.78 Å². The first-order chi connectivity index (χ1) is 11.4. The Morgan fingerprint density at radius 2 is 1.92 bits per heavy atom. The van der Waals surface area contributed by atoms with Gasteiger partial charge in [-0.05, 0) is 56.2 Å². The van der Waals surface area contributed by atoms with Crippen molar-refractivity contribution in [2.24, 2.45) is 0 Å². The summed E-state index contributed by atoms with van der Waals surface area (Å²) in [5, 5.41) is 0. The summed E-state index contributed by atoms with van der Waals surface area (Å²) in [5.41, 5.74) is 3.22. The summed E-state index contributed by atoms with van der Waals surface area (Å²) in [6.45, 7) is 6.01. The Kier molecular flexibility index (Phi) is 4.18. The number of Topliss-reactive ketones (excluding diaryl/α,β-unsaturated/α-hetero) is 1. The van der Waals surface area contributed by atoms with Crippen LogP contribution in [-0.4, -0.2) is 18.5 Å². The second-order valence-electron chi connectivity index (χ2n) is 6.62. The van der Waals surface area contributed by atoms with E-state index in [2.05, 4.69) is 0 Å². The predicted molar refractivity (Wildman–Crippen MR) is 95.9 cm³/mol. The molecule has 1 heterocycles. The largest absolute Gasteiger partial charge is 0.495 e. The highest BCUT2D eigenvalue weighted by Crippen LogP contribution is 2.39. The van der Waals surface area contributed by atoms with E-state index in [4.69, 9.17) is 9.47 Å². The molecule has 3 rings (SSSR count). The molecule has 24 heavy (non-hydrogen) atoms. The molecule has 1 aliphatic rings. The molecule has 0 saturated heterocycles. The molecule has 0 unspecified atom stereocenters. The monoisotopic (exact) mass is 322 g/mol. The minimum atomic E-state index is -0.356. The molecule has 0 spiro atoms. The van der Waals surface area contributed by atoms with Crippen molar-refractivity contribution in [3.05, 3.63) is 64.7 Å². The maximum Gasteiger partial charge on any atom is 0.170 e. The molecule has 3 nitrogen and oxygen atoms in total. The Hall–Kier alpha value is -2.55. The SMILES string of the molecule is COc1c(C(=O)Cc2ccccc2C)ccc2c1C=CC(C)(C)O2. The fourth-order valence-electron chi connectivity index (χ4n) is 2.95. The van der Waals surface area contributed by atoms with E-state index in [0.29, 0.717) is 17.7 Å². The van der Waals surface area contributed by atoms with E-state index >= 15 is 0 Å². The maximum absolute atomic E-state index is 12.8. The molecule has 0 saturated carbocycles. The first-order valence-corrected chi connectivity index (χ1v) is 8.08. The van der Waals surface area contributed by atoms with Gasteiger partial charge < -0.3 is 9.47 Å². The van der Waals surface area contributed by atoms with E-state index in [1.807, 2.05) is 63.3 Å². The molecule has 0 fully saturated rings. The van der Waals surface area contributed by atoms with Crippen molar-refractivity contribution in [2.45, 2.75) is 32.8 Å². The number of fused-ring (bicyclic) bond motifs is 1. The highest BCUT2D eigenvalue weighted by molar-refractivity contribution is 6.01. The van der Waals surface area contributed by atoms with Crippen LogP contribution in [-0.2, 0) is 6.42 Å². The number of ether oxygens (including phenoxy) is 2. The fourth-order valence-corrected chi connectivity index (χ4v) is 2.95. The van der Waals surface area contributed by atoms with Gasteiger partial charge in [-0.2, -0.15) is 0 Å². The molecular weight excluding hydrogens is 300 g/mol. The van der Waals surface area contributed by atoms with Gasteiger partial charge in [-0.15, -0.1) is 0 Å². The smallest absolute Gasteiger partial charge is 0.170 e. The van der Waals surface area contributed by atoms with Crippen molar-refractivity contribution in [3.63, 3.8) is 0 Å². The molecule has 0 bridgehead atoms. The van der Waals surface area contributed by atoms with Crippen LogP contribution in [0.15, 0.2) is 42.5 Å². The van der Waals surface area contributed by atoms with E-state index in [9.17, 15) is 4.79 Å². The number of carbonyl (C=O) groups excluding carboxylic acids is 1. The van der Waals surface area contributed by atoms with Crippen LogP contribution in [0.3, 0.4) is 0 Å². The Morgan fingerprint density at radius 1 is 1.17 bits per heavy atom. The quantitative estimate of drug-likeness (QED) is 0.771. The lowest BCUT2D eigenvalue weighted by atomic mass is 9.95. The van der Waals surface area contributed by atoms with Crippen LogP contribution in [0.1, 0.15) is 40.9 Å². The summed E-state index contributed by atoms with van der Waals surface area (Å²) in [6.07, 6.45) is 4.31. The van der Waals surface area contributed by atoms with Gasteiger partial charge in [0, 0.05) is 6.42 Å². The molecule has 0 amide bonds. The van der Waals surface area contributed by atoms with E-state index in [-0.39, 0.29) is 11.4 Å². The molecule has 2 aromatic rings. The first-order valence-electron chi connectivity index (χ1n) is 8.08. The van der Waals surface area contributed by atoms with Gasteiger partial charge in [-0.3, -0.25) is 4.79 Å². The number of benzene rings is 2. The molecule has 1 aliphatic heterocycles. The summed E-state index contributed by atoms with van der Waals surface area (Å²) in [7, 11) is 1.59. The van der Waals surface area contributed by atoms with Crippen LogP contribution in [0.25, 0.3) is 6.08 Å². The van der Waals surface area contributed by atoms with Crippen molar-refractivity contribution in [1.29, 1.82) is 0 Å². The van der Waals surface area contributed by atoms with Gasteiger partial charge in [-0.25, -0.2) is 0 Å². The predicted octanol–water partition coefficient (Wildman–Crippen LogP) is 4.61. The van der Waals surface area contributed by atoms with Crippen molar-refractivity contribution in [3.8, 4) is 11.5 Å². The Labute approximate surface area is 142 Å². The summed E-state index contributed by atoms with van der Waals surface area (Å²) >= 11 is 0. The zero-order chi connectivity index (χ0) is 17.3. The van der Waals surface area contributed by atoms with Gasteiger partial charge >= 0.3 is 0 Å². The van der Waals surface area contributed by atoms with Gasteiger partial charge in [0.25, 0.3) is 0 Å². The minimum Gasteiger partial charge on any atom is -0.495 e. The van der Waals surface area contributed by atoms with Crippen LogP contribution in [0, 0.1) is 6.92 Å². The van der Waals surface area contributed by atoms with Gasteiger partial charge in [0.2, 0.25) is 0 Å². The lowest BCUT2D eigenvalue weighted by Gasteiger charge is -2.29. The Balaban J connectivity index is 1.97. The van der Waals surface area contributed by atoms with E-state index in [0.717, 1.165) is 22.4 Å². The summed E-state index contributed by atoms with van der Waals surface area (Å²) in [5.74, 6) is 1.37. The number of methoxy groups -OCH3 is 1. The highest BCUT2D eigenvalue weighted by atomic mass is 16.5. The normalized spacial score (nSPS) is 14.7. The summed E-state index contributed by atoms with van der Waals surface area (Å²) in [4.78, 5) is 12.8. The lowest BCUT2D eigenvalue weighted by Crippen LogP contribution is -2.27. The van der Waals surface area contributed by atoms with Gasteiger partial charge in [0.1, 0.15) is 17.1 Å². The summed E-state index contributed by atoms with van der Waals surface area (Å²) < 4.78 is 11.5. The van der Waals surface area contributed by atoms with E-state index < -0.39 is 0 Å². The average molecular weight is 322 g/mol. The molecule has 2 aromatic carbocycles. The zero-order valence-electron chi connectivity index (χ0n) is 14.6. The topological polar surface area (TPSA) is 35.5 Å². The van der Waals surface area contributed by atoms with Crippen molar-refractivity contribution in [1.82, 2.24) is 0 Å². The molecule has 0 atom stereocenters. The number of hydrogen-bond donors (Lipinski definition) is 0. The Morgan fingerprint density at radius 3 is 2.62 bits per heavy atom. The number of rotatable bonds is 4. The summed E-state index contributed by atoms with van der Waals surface area (Å²) in [6, 6.07) is 11.6. The van der Waals surface area contributed by atoms with Crippen LogP contribution >= 0.6 is 0 Å². The second-order valence-corrected chi connectivity index (χ2v) is 6.62. The third-order valence-corrected chi connectivity index (χ3v) is 4.30. The van der Waals surface area contributed by atoms with Gasteiger partial charge in [-0.1, -0.05) is 24.3 Å². The lowest BCUT2D eigenvalue weighted by molar-refractivity contribution is 0.0989. The average Bonchev–Trinajstić information content (AvgIpc) is 2.54. The van der Waals surface area contributed by atoms with Crippen LogP contribution in [0.4, 0.5) is 0 Å². The molecule has 3 heteroatoms. The Bertz CT molecular complexity index is 816. The molecule has 0 aromatic heterocycles. The maximum atomic E-state index is 12.8. The highest BCUT2D eigenvalue weighted by Gasteiger charge is 2.26. The minimum absolute atomic E-state index is 0.0437. The number of carbonyl (C=O) groups is 1. The first kappa shape index (κ1) is 16.3. The van der Waals surface area contributed by atoms with Crippen molar-refractivity contribution < 1.29 is 14.3 Å². The molecule has 0 N–H and O–H groups in total. The van der Waals surface area contributed by atoms with Crippen molar-refractivity contribution >= 4 is 11.9 Å². The zero-order valence-corrected chi connectivity index (χ0v) is 14.6. The third-order valence-electron chi connectivity index (χ3n) is 4.30. The third kappa shape index (κ3) is 3.07. The van der Waals surface area contributed by atoms with E-state index in [1.54, 1.807) is 13.2 Å². The molecule has 0 radical (unpaired) electrons. The second kappa shape index (κ2) is 6.16. The van der Waals surface area contributed by atoms with Crippen LogP contribution in [0.2, 0.25) is 0 Å². The molecule has 0 aliphatic carbocycles. The fraction of sp³-hybridized carbons (Fsp3) is 0.286. The number of hydrogen-bond acceptors (Lipinski definition) is 3. The van der Waals surface area contributed by atoms with E-state index in [1.165, 1.54) is 0 Å².